The molecule has 1 fully saturated rings. The summed E-state index contributed by atoms with van der Waals surface area (Å²) in [6, 6.07) is 25.0. The Kier molecular flexibility index (Phi) is 10.2. The van der Waals surface area contributed by atoms with Crippen LogP contribution in [0.15, 0.2) is 84.2 Å². The van der Waals surface area contributed by atoms with Crippen molar-refractivity contribution in [2.75, 3.05) is 63.1 Å². The van der Waals surface area contributed by atoms with Crippen LogP contribution in [-0.4, -0.2) is 74.5 Å². The predicted molar refractivity (Wildman–Crippen MR) is 184 cm³/mol. The Labute approximate surface area is 270 Å². The predicted octanol–water partition coefficient (Wildman–Crippen LogP) is 7.06. The molecule has 45 heavy (non-hydrogen) atoms. The van der Waals surface area contributed by atoms with E-state index in [9.17, 15) is 9.59 Å². The van der Waals surface area contributed by atoms with E-state index in [1.54, 1.807) is 23.5 Å². The van der Waals surface area contributed by atoms with Gasteiger partial charge in [0.25, 0.3) is 11.8 Å². The third-order valence-corrected chi connectivity index (χ3v) is 9.72. The van der Waals surface area contributed by atoms with Crippen molar-refractivity contribution in [2.24, 2.45) is 0 Å². The second kappa shape index (κ2) is 14.9. The van der Waals surface area contributed by atoms with E-state index in [4.69, 9.17) is 4.74 Å². The van der Waals surface area contributed by atoms with Crippen molar-refractivity contribution in [3.05, 3.63) is 100 Å². The molecular weight excluding hydrogens is 580 g/mol. The molecule has 2 amide bonds. The van der Waals surface area contributed by atoms with Gasteiger partial charge in [-0.1, -0.05) is 48.5 Å². The molecule has 2 aliphatic heterocycles. The van der Waals surface area contributed by atoms with E-state index in [1.807, 2.05) is 65.6 Å². The van der Waals surface area contributed by atoms with Gasteiger partial charge in [-0.25, -0.2) is 0 Å². The lowest BCUT2D eigenvalue weighted by molar-refractivity contribution is 0.0985. The lowest BCUT2D eigenvalue weighted by Gasteiger charge is -2.32. The monoisotopic (exact) mass is 622 g/mol. The van der Waals surface area contributed by atoms with Crippen molar-refractivity contribution >= 4 is 34.5 Å². The third kappa shape index (κ3) is 7.64. The number of carbonyl (C=O) groups is 2. The van der Waals surface area contributed by atoms with Gasteiger partial charge in [-0.05, 0) is 92.5 Å². The Morgan fingerprint density at radius 3 is 2.51 bits per heavy atom. The van der Waals surface area contributed by atoms with Crippen LogP contribution in [0.5, 0.6) is 5.75 Å². The van der Waals surface area contributed by atoms with Gasteiger partial charge in [0, 0.05) is 48.7 Å². The highest BCUT2D eigenvalue weighted by atomic mass is 32.1. The molecule has 0 aliphatic carbocycles. The van der Waals surface area contributed by atoms with E-state index in [0.29, 0.717) is 35.7 Å². The maximum absolute atomic E-state index is 13.9. The Morgan fingerprint density at radius 1 is 0.867 bits per heavy atom. The van der Waals surface area contributed by atoms with Crippen molar-refractivity contribution in [2.45, 2.75) is 32.1 Å². The lowest BCUT2D eigenvalue weighted by atomic mass is 9.99. The minimum Gasteiger partial charge on any atom is -0.491 e. The zero-order valence-electron chi connectivity index (χ0n) is 26.0. The van der Waals surface area contributed by atoms with Crippen molar-refractivity contribution in [3.8, 4) is 16.9 Å². The van der Waals surface area contributed by atoms with E-state index >= 15 is 0 Å². The molecule has 3 aromatic carbocycles. The van der Waals surface area contributed by atoms with Crippen LogP contribution < -0.4 is 15.0 Å². The molecule has 1 saturated heterocycles. The second-order valence-corrected chi connectivity index (χ2v) is 12.9. The highest BCUT2D eigenvalue weighted by Crippen LogP contribution is 2.34. The van der Waals surface area contributed by atoms with E-state index in [1.165, 1.54) is 4.88 Å². The van der Waals surface area contributed by atoms with E-state index < -0.39 is 0 Å². The van der Waals surface area contributed by atoms with Crippen molar-refractivity contribution in [1.29, 1.82) is 0 Å². The minimum absolute atomic E-state index is 0.0382. The molecule has 0 saturated carbocycles. The first-order valence-electron chi connectivity index (χ1n) is 16.1. The number of ether oxygens (including phenoxy) is 1. The average molecular weight is 623 g/mol. The van der Waals surface area contributed by atoms with Crippen LogP contribution in [0.2, 0.25) is 0 Å². The molecule has 8 heteroatoms. The Balaban J connectivity index is 1.20. The first-order valence-corrected chi connectivity index (χ1v) is 17.0. The number of carbonyl (C=O) groups excluding carboxylic acids is 2. The summed E-state index contributed by atoms with van der Waals surface area (Å²) in [5, 5.41) is 5.17. The van der Waals surface area contributed by atoms with Gasteiger partial charge in [-0.3, -0.25) is 9.59 Å². The van der Waals surface area contributed by atoms with Crippen molar-refractivity contribution in [1.82, 2.24) is 9.80 Å². The first kappa shape index (κ1) is 31.0. The number of hydrogen-bond donors (Lipinski definition) is 1. The number of unbranched alkanes of at least 4 members (excludes halogenated alkanes) is 1. The van der Waals surface area contributed by atoms with Crippen LogP contribution >= 0.6 is 11.3 Å². The Morgan fingerprint density at radius 2 is 1.67 bits per heavy atom. The topological polar surface area (TPSA) is 65.1 Å². The number of nitrogens with one attached hydrogen (secondary N) is 1. The molecule has 1 N–H and O–H groups in total. The third-order valence-electron chi connectivity index (χ3n) is 8.75. The van der Waals surface area contributed by atoms with Crippen molar-refractivity contribution < 1.29 is 14.3 Å². The first-order chi connectivity index (χ1) is 22.1. The van der Waals surface area contributed by atoms with Gasteiger partial charge in [-0.2, -0.15) is 0 Å². The molecule has 4 aromatic rings. The molecule has 234 valence electrons. The summed E-state index contributed by atoms with van der Waals surface area (Å²) in [5.41, 5.74) is 4.56. The molecule has 0 unspecified atom stereocenters. The number of hydrogen-bond acceptors (Lipinski definition) is 6. The van der Waals surface area contributed by atoms with Gasteiger partial charge in [-0.15, -0.1) is 11.3 Å². The van der Waals surface area contributed by atoms with E-state index in [0.717, 1.165) is 81.6 Å². The number of thiophene rings is 1. The highest BCUT2D eigenvalue weighted by Gasteiger charge is 2.25. The number of fused-ring (bicyclic) bond motifs is 1. The summed E-state index contributed by atoms with van der Waals surface area (Å²) in [7, 11) is 2.17. The summed E-state index contributed by atoms with van der Waals surface area (Å²) < 4.78 is 6.34. The maximum Gasteiger partial charge on any atom is 0.258 e. The average Bonchev–Trinajstić information content (AvgIpc) is 3.45. The Hall–Kier alpha value is -3.98. The molecule has 0 atom stereocenters. The molecule has 1 aromatic heterocycles. The summed E-state index contributed by atoms with van der Waals surface area (Å²) in [6.07, 6.45) is 4.98. The molecule has 0 bridgehead atoms. The van der Waals surface area contributed by atoms with Crippen LogP contribution in [0, 0.1) is 0 Å². The fraction of sp³-hybridized carbons (Fsp3) is 0.351. The number of rotatable bonds is 10. The Bertz CT molecular complexity index is 1600. The molecular formula is C37H42N4O3S. The summed E-state index contributed by atoms with van der Waals surface area (Å²) >= 11 is 1.72. The molecule has 0 spiro atoms. The number of aryl methyl sites for hydroxylation is 1. The smallest absolute Gasteiger partial charge is 0.258 e. The van der Waals surface area contributed by atoms with Gasteiger partial charge in [0.1, 0.15) is 5.75 Å². The highest BCUT2D eigenvalue weighted by molar-refractivity contribution is 7.10. The van der Waals surface area contributed by atoms with E-state index in [-0.39, 0.29) is 11.8 Å². The van der Waals surface area contributed by atoms with Crippen LogP contribution in [0.1, 0.15) is 51.3 Å². The fourth-order valence-corrected chi connectivity index (χ4v) is 7.04. The van der Waals surface area contributed by atoms with Gasteiger partial charge < -0.3 is 24.8 Å². The number of piperazine rings is 1. The number of anilines is 2. The van der Waals surface area contributed by atoms with Gasteiger partial charge in [0.05, 0.1) is 18.0 Å². The molecule has 0 radical (unpaired) electrons. The quantitative estimate of drug-likeness (QED) is 0.192. The van der Waals surface area contributed by atoms with Crippen LogP contribution in [0.4, 0.5) is 11.4 Å². The van der Waals surface area contributed by atoms with Crippen molar-refractivity contribution in [3.63, 3.8) is 0 Å². The largest absolute Gasteiger partial charge is 0.491 e. The maximum atomic E-state index is 13.9. The summed E-state index contributed by atoms with van der Waals surface area (Å²) in [5.74, 6) is 0.263. The standard InChI is InChI=1S/C37H42N4O3S/c1-39-21-23-40(24-22-39)19-9-10-25-44-34-27-29(37(43)41-20-8-7-15-35-33(41)18-26-45-35)16-17-32(34)38-36(42)31-14-6-5-13-30(31)28-11-3-2-4-12-28/h2-6,11-14,16-18,26-27H,7-10,15,19-25H2,1H3,(H,38,42). The SMILES string of the molecule is CN1CCN(CCCCOc2cc(C(=O)N3CCCCc4sccc43)ccc2NC(=O)c2ccccc2-c2ccccc2)CC1. The molecule has 7 nitrogen and oxygen atoms in total. The zero-order valence-corrected chi connectivity index (χ0v) is 26.9. The molecule has 2 aliphatic rings. The normalized spacial score (nSPS) is 15.7. The fourth-order valence-electron chi connectivity index (χ4n) is 6.11. The van der Waals surface area contributed by atoms with Gasteiger partial charge >= 0.3 is 0 Å². The lowest BCUT2D eigenvalue weighted by Crippen LogP contribution is -2.44. The van der Waals surface area contributed by atoms with Gasteiger partial charge in [0.2, 0.25) is 0 Å². The number of amides is 2. The summed E-state index contributed by atoms with van der Waals surface area (Å²) in [4.78, 5) is 35.6. The molecule has 3 heterocycles. The van der Waals surface area contributed by atoms with Gasteiger partial charge in [0.15, 0.2) is 0 Å². The second-order valence-electron chi connectivity index (χ2n) is 11.9. The summed E-state index contributed by atoms with van der Waals surface area (Å²) in [6.45, 7) is 6.67. The van der Waals surface area contributed by atoms with E-state index in [2.05, 4.69) is 33.6 Å². The number of likely N-dealkylation sites (N-methyl/N-ethyl adjacent to an activating group) is 1. The number of nitrogens with zero attached hydrogens (tertiary/aromatic N) is 3. The van der Waals surface area contributed by atoms with Crippen LogP contribution in [0.25, 0.3) is 11.1 Å². The zero-order chi connectivity index (χ0) is 31.0. The minimum atomic E-state index is -0.219. The van der Waals surface area contributed by atoms with Crippen LogP contribution in [0.3, 0.4) is 0 Å². The van der Waals surface area contributed by atoms with Crippen LogP contribution in [-0.2, 0) is 6.42 Å². The number of benzene rings is 3. The molecule has 6 rings (SSSR count).